The molecule has 0 N–H and O–H groups in total. The van der Waals surface area contributed by atoms with E-state index in [0.717, 1.165) is 9.98 Å². The van der Waals surface area contributed by atoms with Gasteiger partial charge in [0.2, 0.25) is 0 Å². The summed E-state index contributed by atoms with van der Waals surface area (Å²) in [5.74, 6) is 0.378. The summed E-state index contributed by atoms with van der Waals surface area (Å²) in [6, 6.07) is 4.10. The first-order valence-electron chi connectivity index (χ1n) is 9.03. The third kappa shape index (κ3) is 4.73. The standard InChI is InChI=1S/C11H24NOSi.3C2H5.Sn/c1-6-14(7-2,8-3)10-9-11(13)12(4)5;3*1-2;/h10H,6-9H2,1-5H3;3*1H2,2H3;. The molecule has 21 heavy (non-hydrogen) atoms. The van der Waals surface area contributed by atoms with Gasteiger partial charge in [0, 0.05) is 0 Å². The van der Waals surface area contributed by atoms with Crippen LogP contribution in [0.15, 0.2) is 0 Å². The van der Waals surface area contributed by atoms with Crippen LogP contribution in [-0.4, -0.2) is 51.4 Å². The number of carbonyl (C=O) groups excluding carboxylic acids is 1. The van der Waals surface area contributed by atoms with Crippen molar-refractivity contribution in [2.24, 2.45) is 0 Å². The summed E-state index contributed by atoms with van der Waals surface area (Å²) in [6.07, 6.45) is 0.861. The zero-order valence-corrected chi connectivity index (χ0v) is 19.7. The predicted octanol–water partition coefficient (Wildman–Crippen LogP) is 5.39. The molecule has 0 aliphatic heterocycles. The van der Waals surface area contributed by atoms with Crippen molar-refractivity contribution in [3.05, 3.63) is 0 Å². The average molecular weight is 420 g/mol. The van der Waals surface area contributed by atoms with E-state index in [0.29, 0.717) is 5.91 Å². The molecule has 0 bridgehead atoms. The van der Waals surface area contributed by atoms with Crippen molar-refractivity contribution >= 4 is 32.4 Å². The van der Waals surface area contributed by atoms with Crippen LogP contribution in [0.2, 0.25) is 35.0 Å². The fraction of sp³-hybridized carbons (Fsp3) is 0.941. The molecule has 2 nitrogen and oxygen atoms in total. The molecule has 4 heteroatoms. The van der Waals surface area contributed by atoms with Crippen LogP contribution in [0.4, 0.5) is 0 Å². The first-order chi connectivity index (χ1) is 9.82. The summed E-state index contributed by atoms with van der Waals surface area (Å²) >= 11 is -2.21. The molecule has 1 amide bonds. The van der Waals surface area contributed by atoms with Crippen LogP contribution in [0.5, 0.6) is 0 Å². The molecule has 0 fully saturated rings. The zero-order valence-electron chi connectivity index (χ0n) is 15.9. The van der Waals surface area contributed by atoms with Gasteiger partial charge in [-0.25, -0.2) is 0 Å². The van der Waals surface area contributed by atoms with Crippen molar-refractivity contribution in [2.45, 2.75) is 83.0 Å². The Labute approximate surface area is 138 Å². The fourth-order valence-electron chi connectivity index (χ4n) is 4.42. The molecule has 0 heterocycles. The van der Waals surface area contributed by atoms with E-state index in [1.54, 1.807) is 0 Å². The molecule has 0 aromatic carbocycles. The Morgan fingerprint density at radius 1 is 0.905 bits per heavy atom. The molecular formula is C17H39NOSiSn. The summed E-state index contributed by atoms with van der Waals surface area (Å²) in [7, 11) is 2.54. The Morgan fingerprint density at radius 3 is 1.52 bits per heavy atom. The Bertz CT molecular complexity index is 275. The molecule has 0 rings (SSSR count). The van der Waals surface area contributed by atoms with Gasteiger partial charge >= 0.3 is 139 Å². The van der Waals surface area contributed by atoms with Gasteiger partial charge in [0.25, 0.3) is 0 Å². The molecule has 0 aliphatic carbocycles. The fourth-order valence-corrected chi connectivity index (χ4v) is 40.0. The van der Waals surface area contributed by atoms with Gasteiger partial charge in [-0.05, 0) is 0 Å². The molecule has 0 aromatic rings. The quantitative estimate of drug-likeness (QED) is 0.434. The van der Waals surface area contributed by atoms with Crippen molar-refractivity contribution < 1.29 is 4.79 Å². The van der Waals surface area contributed by atoms with Crippen molar-refractivity contribution in [3.8, 4) is 0 Å². The van der Waals surface area contributed by atoms with E-state index < -0.39 is 26.5 Å². The van der Waals surface area contributed by atoms with Gasteiger partial charge in [0.05, 0.1) is 0 Å². The SMILES string of the molecule is CC[Si](CC)(CC)[CH](CC(=O)N(C)C)[Sn]([CH2]C)([CH2]C)[CH2]C. The third-order valence-corrected chi connectivity index (χ3v) is 38.7. The van der Waals surface area contributed by atoms with Gasteiger partial charge in [-0.1, -0.05) is 0 Å². The molecule has 1 atom stereocenters. The molecule has 0 saturated heterocycles. The van der Waals surface area contributed by atoms with Gasteiger partial charge in [-0.3, -0.25) is 0 Å². The Hall–Kier alpha value is 0.486. The van der Waals surface area contributed by atoms with Crippen molar-refractivity contribution in [1.29, 1.82) is 0 Å². The van der Waals surface area contributed by atoms with Gasteiger partial charge in [0.1, 0.15) is 0 Å². The predicted molar refractivity (Wildman–Crippen MR) is 101 cm³/mol. The number of hydrogen-bond donors (Lipinski definition) is 0. The van der Waals surface area contributed by atoms with E-state index >= 15 is 0 Å². The average Bonchev–Trinajstić information content (AvgIpc) is 2.51. The van der Waals surface area contributed by atoms with E-state index in [1.807, 2.05) is 19.0 Å². The summed E-state index contributed by atoms with van der Waals surface area (Å²) in [4.78, 5) is 14.3. The molecule has 0 saturated carbocycles. The molecule has 0 aliphatic rings. The van der Waals surface area contributed by atoms with Crippen molar-refractivity contribution in [3.63, 3.8) is 0 Å². The molecule has 0 spiro atoms. The van der Waals surface area contributed by atoms with E-state index in [1.165, 1.54) is 31.4 Å². The van der Waals surface area contributed by atoms with Crippen LogP contribution in [0.1, 0.15) is 48.0 Å². The molecule has 0 radical (unpaired) electrons. The summed E-state index contributed by atoms with van der Waals surface area (Å²) < 4.78 is 5.09. The van der Waals surface area contributed by atoms with Gasteiger partial charge in [-0.15, -0.1) is 0 Å². The second-order valence-electron chi connectivity index (χ2n) is 6.89. The van der Waals surface area contributed by atoms with Crippen LogP contribution in [0.25, 0.3) is 0 Å². The second-order valence-corrected chi connectivity index (χ2v) is 29.9. The molecule has 1 unspecified atom stereocenters. The number of nitrogens with zero attached hydrogens (tertiary/aromatic N) is 1. The van der Waals surface area contributed by atoms with Gasteiger partial charge in [-0.2, -0.15) is 0 Å². The summed E-state index contributed by atoms with van der Waals surface area (Å²) in [5, 5.41) is 0. The summed E-state index contributed by atoms with van der Waals surface area (Å²) in [6.45, 7) is 14.5. The molecule has 0 aromatic heterocycles. The van der Waals surface area contributed by atoms with Crippen molar-refractivity contribution in [2.75, 3.05) is 14.1 Å². The molecule has 126 valence electrons. The van der Waals surface area contributed by atoms with Crippen LogP contribution < -0.4 is 0 Å². The number of hydrogen-bond acceptors (Lipinski definition) is 1. The van der Waals surface area contributed by atoms with Gasteiger partial charge < -0.3 is 0 Å². The Morgan fingerprint density at radius 2 is 1.29 bits per heavy atom. The Balaban J connectivity index is 5.80. The van der Waals surface area contributed by atoms with E-state index in [2.05, 4.69) is 41.5 Å². The first-order valence-corrected chi connectivity index (χ1v) is 19.4. The van der Waals surface area contributed by atoms with E-state index in [4.69, 9.17) is 0 Å². The second kappa shape index (κ2) is 9.59. The number of amides is 1. The van der Waals surface area contributed by atoms with Crippen LogP contribution >= 0.6 is 0 Å². The van der Waals surface area contributed by atoms with E-state index in [9.17, 15) is 4.79 Å². The van der Waals surface area contributed by atoms with Crippen molar-refractivity contribution in [1.82, 2.24) is 4.90 Å². The maximum atomic E-state index is 12.5. The van der Waals surface area contributed by atoms with Crippen LogP contribution in [-0.2, 0) is 4.79 Å². The van der Waals surface area contributed by atoms with Crippen LogP contribution in [0.3, 0.4) is 0 Å². The third-order valence-electron chi connectivity index (χ3n) is 6.58. The monoisotopic (exact) mass is 421 g/mol. The first kappa shape index (κ1) is 21.5. The zero-order chi connectivity index (χ0) is 16.7. The van der Waals surface area contributed by atoms with E-state index in [-0.39, 0.29) is 0 Å². The molecular weight excluding hydrogens is 381 g/mol. The maximum absolute atomic E-state index is 12.5. The number of carbonyl (C=O) groups is 1. The van der Waals surface area contributed by atoms with Gasteiger partial charge in [0.15, 0.2) is 0 Å². The summed E-state index contributed by atoms with van der Waals surface area (Å²) in [5.41, 5.74) is 0. The number of rotatable bonds is 10. The Kier molecular flexibility index (Phi) is 9.81. The topological polar surface area (TPSA) is 20.3 Å². The minimum absolute atomic E-state index is 0.378. The normalized spacial score (nSPS) is 14.1. The minimum atomic E-state index is -2.21. The van der Waals surface area contributed by atoms with Crippen LogP contribution in [0, 0.1) is 0 Å².